The summed E-state index contributed by atoms with van der Waals surface area (Å²) in [5, 5.41) is 0. The molecule has 1 fully saturated rings. The minimum absolute atomic E-state index is 0.248. The van der Waals surface area contributed by atoms with Crippen molar-refractivity contribution in [3.05, 3.63) is 29.8 Å². The van der Waals surface area contributed by atoms with Gasteiger partial charge in [0, 0.05) is 6.04 Å². The van der Waals surface area contributed by atoms with Crippen LogP contribution in [0.25, 0.3) is 0 Å². The predicted molar refractivity (Wildman–Crippen MR) is 58.9 cm³/mol. The van der Waals surface area contributed by atoms with Crippen molar-refractivity contribution in [1.29, 1.82) is 0 Å². The monoisotopic (exact) mass is 261 g/mol. The molecule has 3 nitrogen and oxygen atoms in total. The average molecular weight is 261 g/mol. The molecule has 0 heterocycles. The maximum atomic E-state index is 13.3. The predicted octanol–water partition coefficient (Wildman–Crippen LogP) is 2.04. The van der Waals surface area contributed by atoms with Crippen molar-refractivity contribution in [2.75, 3.05) is 0 Å². The summed E-state index contributed by atoms with van der Waals surface area (Å²) in [4.78, 5) is -0.634. The van der Waals surface area contributed by atoms with E-state index in [0.717, 1.165) is 25.0 Å². The van der Waals surface area contributed by atoms with Gasteiger partial charge in [-0.2, -0.15) is 0 Å². The SMILES string of the molecule is CC(NS(=O)(=O)c1cc(F)ccc1F)C1CC1. The third-order valence-corrected chi connectivity index (χ3v) is 4.43. The summed E-state index contributed by atoms with van der Waals surface area (Å²) in [5.74, 6) is -1.41. The fourth-order valence-electron chi connectivity index (χ4n) is 1.68. The molecule has 0 saturated heterocycles. The van der Waals surface area contributed by atoms with E-state index in [9.17, 15) is 17.2 Å². The second-order valence-electron chi connectivity index (χ2n) is 4.32. The van der Waals surface area contributed by atoms with E-state index in [0.29, 0.717) is 12.0 Å². The van der Waals surface area contributed by atoms with Gasteiger partial charge in [0.1, 0.15) is 16.5 Å². The largest absolute Gasteiger partial charge is 0.243 e. The Morgan fingerprint density at radius 3 is 2.59 bits per heavy atom. The number of halogens is 2. The highest BCUT2D eigenvalue weighted by Gasteiger charge is 2.32. The van der Waals surface area contributed by atoms with Crippen molar-refractivity contribution in [3.8, 4) is 0 Å². The Morgan fingerprint density at radius 2 is 2.00 bits per heavy atom. The number of hydrogen-bond acceptors (Lipinski definition) is 2. The molecule has 0 amide bonds. The van der Waals surface area contributed by atoms with Crippen molar-refractivity contribution in [3.63, 3.8) is 0 Å². The van der Waals surface area contributed by atoms with E-state index in [4.69, 9.17) is 0 Å². The fraction of sp³-hybridized carbons (Fsp3) is 0.455. The first-order chi connectivity index (χ1) is 7.90. The van der Waals surface area contributed by atoms with Crippen LogP contribution in [0, 0.1) is 17.6 Å². The molecule has 1 aromatic carbocycles. The van der Waals surface area contributed by atoms with Crippen LogP contribution in [0.3, 0.4) is 0 Å². The molecule has 17 heavy (non-hydrogen) atoms. The zero-order valence-corrected chi connectivity index (χ0v) is 10.1. The van der Waals surface area contributed by atoms with Gasteiger partial charge in [0.05, 0.1) is 0 Å². The van der Waals surface area contributed by atoms with Crippen LogP contribution >= 0.6 is 0 Å². The summed E-state index contributed by atoms with van der Waals surface area (Å²) in [6.07, 6.45) is 1.94. The maximum Gasteiger partial charge on any atom is 0.243 e. The second kappa shape index (κ2) is 4.34. The van der Waals surface area contributed by atoms with Gasteiger partial charge in [-0.05, 0) is 43.9 Å². The molecule has 1 N–H and O–H groups in total. The van der Waals surface area contributed by atoms with Crippen LogP contribution in [0.5, 0.6) is 0 Å². The van der Waals surface area contributed by atoms with E-state index < -0.39 is 26.6 Å². The standard InChI is InChI=1S/C11H13F2NO2S/c1-7(8-2-3-8)14-17(15,16)11-6-9(12)4-5-10(11)13/h4-8,14H,2-3H2,1H3. The molecule has 0 radical (unpaired) electrons. The molecule has 1 atom stereocenters. The molecule has 6 heteroatoms. The van der Waals surface area contributed by atoms with Gasteiger partial charge in [-0.25, -0.2) is 21.9 Å². The lowest BCUT2D eigenvalue weighted by molar-refractivity contribution is 0.521. The molecule has 0 aliphatic heterocycles. The Labute approximate surface area is 98.9 Å². The fourth-order valence-corrected chi connectivity index (χ4v) is 3.09. The van der Waals surface area contributed by atoms with Crippen LogP contribution in [0.15, 0.2) is 23.1 Å². The van der Waals surface area contributed by atoms with E-state index in [-0.39, 0.29) is 6.04 Å². The van der Waals surface area contributed by atoms with Crippen LogP contribution in [-0.4, -0.2) is 14.5 Å². The average Bonchev–Trinajstić information content (AvgIpc) is 3.04. The minimum atomic E-state index is -3.98. The quantitative estimate of drug-likeness (QED) is 0.901. The normalized spacial score (nSPS) is 18.1. The highest BCUT2D eigenvalue weighted by atomic mass is 32.2. The summed E-state index contributed by atoms with van der Waals surface area (Å²) in [6.45, 7) is 1.73. The van der Waals surface area contributed by atoms with Gasteiger partial charge < -0.3 is 0 Å². The molecule has 1 aliphatic rings. The molecular formula is C11H13F2NO2S. The molecule has 1 aromatic rings. The second-order valence-corrected chi connectivity index (χ2v) is 6.00. The van der Waals surface area contributed by atoms with Gasteiger partial charge in [0.2, 0.25) is 10.0 Å². The number of sulfonamides is 1. The molecule has 2 rings (SSSR count). The zero-order chi connectivity index (χ0) is 12.6. The third-order valence-electron chi connectivity index (χ3n) is 2.85. The van der Waals surface area contributed by atoms with E-state index in [1.807, 2.05) is 0 Å². The molecule has 0 aromatic heterocycles. The molecular weight excluding hydrogens is 248 g/mol. The zero-order valence-electron chi connectivity index (χ0n) is 9.28. The Hall–Kier alpha value is -1.01. The van der Waals surface area contributed by atoms with Gasteiger partial charge in [0.25, 0.3) is 0 Å². The third kappa shape index (κ3) is 2.81. The van der Waals surface area contributed by atoms with Gasteiger partial charge in [-0.15, -0.1) is 0 Å². The lowest BCUT2D eigenvalue weighted by Crippen LogP contribution is -2.34. The lowest BCUT2D eigenvalue weighted by atomic mass is 10.2. The van der Waals surface area contributed by atoms with Gasteiger partial charge in [0.15, 0.2) is 0 Å². The summed E-state index contributed by atoms with van der Waals surface area (Å²) in [6, 6.07) is 2.14. The number of hydrogen-bond donors (Lipinski definition) is 1. The smallest absolute Gasteiger partial charge is 0.208 e. The first kappa shape index (κ1) is 12.4. The molecule has 1 unspecified atom stereocenters. The summed E-state index contributed by atoms with van der Waals surface area (Å²) < 4.78 is 52.3. The van der Waals surface area contributed by atoms with Crippen LogP contribution in [0.2, 0.25) is 0 Å². The number of rotatable bonds is 4. The minimum Gasteiger partial charge on any atom is -0.208 e. The molecule has 1 aliphatic carbocycles. The summed E-state index contributed by atoms with van der Waals surface area (Å²) in [7, 11) is -3.98. The van der Waals surface area contributed by atoms with Crippen molar-refractivity contribution < 1.29 is 17.2 Å². The Bertz CT molecular complexity index is 526. The van der Waals surface area contributed by atoms with Crippen molar-refractivity contribution in [1.82, 2.24) is 4.72 Å². The van der Waals surface area contributed by atoms with E-state index >= 15 is 0 Å². The highest BCUT2D eigenvalue weighted by Crippen LogP contribution is 2.33. The van der Waals surface area contributed by atoms with Crippen LogP contribution in [-0.2, 0) is 10.0 Å². The van der Waals surface area contributed by atoms with Crippen molar-refractivity contribution in [2.24, 2.45) is 5.92 Å². The maximum absolute atomic E-state index is 13.3. The van der Waals surface area contributed by atoms with Crippen LogP contribution < -0.4 is 4.72 Å². The number of nitrogens with one attached hydrogen (secondary N) is 1. The lowest BCUT2D eigenvalue weighted by Gasteiger charge is -2.13. The van der Waals surface area contributed by atoms with Gasteiger partial charge in [-0.3, -0.25) is 0 Å². The first-order valence-corrected chi connectivity index (χ1v) is 6.86. The van der Waals surface area contributed by atoms with Crippen molar-refractivity contribution >= 4 is 10.0 Å². The molecule has 94 valence electrons. The summed E-state index contributed by atoms with van der Waals surface area (Å²) in [5.41, 5.74) is 0. The van der Waals surface area contributed by atoms with E-state index in [1.54, 1.807) is 6.92 Å². The van der Waals surface area contributed by atoms with E-state index in [2.05, 4.69) is 4.72 Å². The van der Waals surface area contributed by atoms with E-state index in [1.165, 1.54) is 0 Å². The van der Waals surface area contributed by atoms with Gasteiger partial charge in [-0.1, -0.05) is 0 Å². The number of benzene rings is 1. The Morgan fingerprint density at radius 1 is 1.35 bits per heavy atom. The van der Waals surface area contributed by atoms with Crippen molar-refractivity contribution in [2.45, 2.75) is 30.7 Å². The first-order valence-electron chi connectivity index (χ1n) is 5.37. The van der Waals surface area contributed by atoms with Crippen LogP contribution in [0.1, 0.15) is 19.8 Å². The van der Waals surface area contributed by atoms with Crippen LogP contribution in [0.4, 0.5) is 8.78 Å². The topological polar surface area (TPSA) is 46.2 Å². The summed E-state index contributed by atoms with van der Waals surface area (Å²) >= 11 is 0. The highest BCUT2D eigenvalue weighted by molar-refractivity contribution is 7.89. The Balaban J connectivity index is 2.27. The van der Waals surface area contributed by atoms with Gasteiger partial charge >= 0.3 is 0 Å². The molecule has 0 bridgehead atoms. The Kier molecular flexibility index (Phi) is 3.18. The molecule has 0 spiro atoms. The molecule has 1 saturated carbocycles.